The van der Waals surface area contributed by atoms with Gasteiger partial charge in [0.1, 0.15) is 0 Å². The number of hydrogen-bond donors (Lipinski definition) is 4. The minimum absolute atomic E-state index is 0.160. The molecular formula is C12H18O4. The number of aliphatic hydroxyl groups excluding tert-OH is 4. The third-order valence-corrected chi connectivity index (χ3v) is 2.61. The maximum absolute atomic E-state index is 9.58. The van der Waals surface area contributed by atoms with E-state index < -0.39 is 18.3 Å². The number of hydrogen-bond acceptors (Lipinski definition) is 4. The average Bonchev–Trinajstić information content (AvgIpc) is 2.25. The zero-order valence-corrected chi connectivity index (χ0v) is 9.19. The first-order chi connectivity index (χ1) is 7.56. The molecule has 0 aromatic rings. The fourth-order valence-corrected chi connectivity index (χ4v) is 1.50. The molecule has 0 aliphatic heterocycles. The van der Waals surface area contributed by atoms with Crippen molar-refractivity contribution in [2.75, 3.05) is 6.61 Å². The lowest BCUT2D eigenvalue weighted by Crippen LogP contribution is -2.25. The van der Waals surface area contributed by atoms with Gasteiger partial charge < -0.3 is 20.4 Å². The summed E-state index contributed by atoms with van der Waals surface area (Å²) >= 11 is 0. The van der Waals surface area contributed by atoms with Crippen molar-refractivity contribution >= 4 is 0 Å². The van der Waals surface area contributed by atoms with Gasteiger partial charge in [-0.05, 0) is 12.5 Å². The molecular weight excluding hydrogens is 208 g/mol. The fourth-order valence-electron chi connectivity index (χ4n) is 1.50. The fraction of sp³-hybridized carbons (Fsp3) is 0.500. The molecule has 16 heavy (non-hydrogen) atoms. The van der Waals surface area contributed by atoms with E-state index in [1.165, 1.54) is 13.0 Å². The summed E-state index contributed by atoms with van der Waals surface area (Å²) in [6, 6.07) is 0. The molecule has 1 aliphatic rings. The molecule has 4 heteroatoms. The predicted molar refractivity (Wildman–Crippen MR) is 60.6 cm³/mol. The minimum Gasteiger partial charge on any atom is -0.396 e. The van der Waals surface area contributed by atoms with Crippen molar-refractivity contribution in [1.29, 1.82) is 0 Å². The normalized spacial score (nSPS) is 29.2. The molecule has 4 atom stereocenters. The van der Waals surface area contributed by atoms with Crippen LogP contribution in [-0.4, -0.2) is 45.3 Å². The van der Waals surface area contributed by atoms with Crippen LogP contribution >= 0.6 is 0 Å². The summed E-state index contributed by atoms with van der Waals surface area (Å²) in [5.41, 5.74) is 0.734. The molecule has 0 radical (unpaired) electrons. The van der Waals surface area contributed by atoms with Crippen LogP contribution in [0.4, 0.5) is 0 Å². The molecule has 4 N–H and O–H groups in total. The lowest BCUT2D eigenvalue weighted by Gasteiger charge is -2.22. The van der Waals surface area contributed by atoms with E-state index in [-0.39, 0.29) is 12.5 Å². The summed E-state index contributed by atoms with van der Waals surface area (Å²) in [7, 11) is 0. The van der Waals surface area contributed by atoms with Gasteiger partial charge in [0.15, 0.2) is 0 Å². The highest BCUT2D eigenvalue weighted by molar-refractivity contribution is 5.32. The molecule has 0 saturated heterocycles. The summed E-state index contributed by atoms with van der Waals surface area (Å²) in [5, 5.41) is 37.2. The van der Waals surface area contributed by atoms with E-state index in [0.29, 0.717) is 0 Å². The highest BCUT2D eigenvalue weighted by atomic mass is 16.3. The van der Waals surface area contributed by atoms with Gasteiger partial charge in [-0.25, -0.2) is 0 Å². The zero-order valence-electron chi connectivity index (χ0n) is 9.19. The number of aliphatic hydroxyl groups is 4. The Morgan fingerprint density at radius 3 is 2.69 bits per heavy atom. The van der Waals surface area contributed by atoms with Crippen molar-refractivity contribution < 1.29 is 20.4 Å². The van der Waals surface area contributed by atoms with E-state index in [9.17, 15) is 10.2 Å². The molecule has 0 aromatic carbocycles. The van der Waals surface area contributed by atoms with Gasteiger partial charge in [0, 0.05) is 5.92 Å². The van der Waals surface area contributed by atoms with Crippen molar-refractivity contribution in [3.05, 3.63) is 36.0 Å². The Labute approximate surface area is 94.9 Å². The molecule has 0 saturated carbocycles. The van der Waals surface area contributed by atoms with Crippen LogP contribution < -0.4 is 0 Å². The highest BCUT2D eigenvalue weighted by Crippen LogP contribution is 2.21. The van der Waals surface area contributed by atoms with E-state index in [1.807, 2.05) is 0 Å². The first-order valence-electron chi connectivity index (χ1n) is 5.28. The van der Waals surface area contributed by atoms with Crippen LogP contribution in [0.2, 0.25) is 0 Å². The van der Waals surface area contributed by atoms with Crippen LogP contribution in [0, 0.1) is 5.92 Å². The first-order valence-corrected chi connectivity index (χ1v) is 5.28. The van der Waals surface area contributed by atoms with Crippen molar-refractivity contribution in [3.63, 3.8) is 0 Å². The summed E-state index contributed by atoms with van der Waals surface area (Å²) in [6.07, 6.45) is 5.64. The van der Waals surface area contributed by atoms with Crippen molar-refractivity contribution in [2.45, 2.75) is 25.2 Å². The summed E-state index contributed by atoms with van der Waals surface area (Å²) in [5.74, 6) is -0.373. The predicted octanol–water partition coefficient (Wildman–Crippen LogP) is -0.250. The van der Waals surface area contributed by atoms with Crippen LogP contribution in [0.25, 0.3) is 0 Å². The van der Waals surface area contributed by atoms with E-state index in [0.717, 1.165) is 5.57 Å². The van der Waals surface area contributed by atoms with E-state index in [4.69, 9.17) is 10.2 Å². The largest absolute Gasteiger partial charge is 0.396 e. The van der Waals surface area contributed by atoms with Crippen molar-refractivity contribution in [3.8, 4) is 0 Å². The van der Waals surface area contributed by atoms with Crippen molar-refractivity contribution in [2.24, 2.45) is 5.92 Å². The van der Waals surface area contributed by atoms with Gasteiger partial charge in [-0.3, -0.25) is 0 Å². The second-order valence-electron chi connectivity index (χ2n) is 3.92. The van der Waals surface area contributed by atoms with Crippen LogP contribution in [0.3, 0.4) is 0 Å². The zero-order chi connectivity index (χ0) is 12.1. The molecule has 90 valence electrons. The smallest absolute Gasteiger partial charge is 0.0980 e. The van der Waals surface area contributed by atoms with Crippen LogP contribution in [0.5, 0.6) is 0 Å². The van der Waals surface area contributed by atoms with E-state index in [2.05, 4.69) is 0 Å². The number of rotatable bonds is 4. The Hall–Kier alpha value is -0.940. The molecule has 0 amide bonds. The molecule has 4 unspecified atom stereocenters. The van der Waals surface area contributed by atoms with Gasteiger partial charge in [-0.15, -0.1) is 0 Å². The Balaban J connectivity index is 2.72. The summed E-state index contributed by atoms with van der Waals surface area (Å²) in [6.45, 7) is 1.33. The van der Waals surface area contributed by atoms with E-state index in [1.54, 1.807) is 24.3 Å². The highest BCUT2D eigenvalue weighted by Gasteiger charge is 2.21. The molecule has 1 aliphatic carbocycles. The monoisotopic (exact) mass is 226 g/mol. The third-order valence-electron chi connectivity index (χ3n) is 2.61. The quantitative estimate of drug-likeness (QED) is 0.533. The molecule has 0 bridgehead atoms. The number of allylic oxidation sites excluding steroid dienone is 3. The van der Waals surface area contributed by atoms with Crippen LogP contribution in [0.15, 0.2) is 36.0 Å². The molecule has 0 fully saturated rings. The Bertz CT molecular complexity index is 304. The van der Waals surface area contributed by atoms with Crippen LogP contribution in [0.1, 0.15) is 6.92 Å². The topological polar surface area (TPSA) is 80.9 Å². The van der Waals surface area contributed by atoms with Gasteiger partial charge in [-0.1, -0.05) is 30.4 Å². The summed E-state index contributed by atoms with van der Waals surface area (Å²) in [4.78, 5) is 0. The molecule has 0 heterocycles. The lowest BCUT2D eigenvalue weighted by atomic mass is 9.89. The Morgan fingerprint density at radius 2 is 2.12 bits per heavy atom. The first kappa shape index (κ1) is 13.1. The van der Waals surface area contributed by atoms with Crippen molar-refractivity contribution in [1.82, 2.24) is 0 Å². The molecule has 0 spiro atoms. The second kappa shape index (κ2) is 5.96. The average molecular weight is 226 g/mol. The molecule has 1 rings (SSSR count). The van der Waals surface area contributed by atoms with E-state index >= 15 is 0 Å². The van der Waals surface area contributed by atoms with Gasteiger partial charge >= 0.3 is 0 Å². The maximum Gasteiger partial charge on any atom is 0.0980 e. The Morgan fingerprint density at radius 1 is 1.44 bits per heavy atom. The van der Waals surface area contributed by atoms with Gasteiger partial charge in [0.05, 0.1) is 24.9 Å². The second-order valence-corrected chi connectivity index (χ2v) is 3.92. The maximum atomic E-state index is 9.58. The lowest BCUT2D eigenvalue weighted by molar-refractivity contribution is 0.0617. The SMILES string of the molecule is CC(O)C(O)/C=C\C1=CC=CC(O)C1CO. The van der Waals surface area contributed by atoms with Gasteiger partial charge in [0.2, 0.25) is 0 Å². The third kappa shape index (κ3) is 3.28. The van der Waals surface area contributed by atoms with Gasteiger partial charge in [-0.2, -0.15) is 0 Å². The summed E-state index contributed by atoms with van der Waals surface area (Å²) < 4.78 is 0. The molecule has 0 aromatic heterocycles. The van der Waals surface area contributed by atoms with Gasteiger partial charge in [0.25, 0.3) is 0 Å². The van der Waals surface area contributed by atoms with Crippen LogP contribution in [-0.2, 0) is 0 Å². The molecule has 4 nitrogen and oxygen atoms in total. The standard InChI is InChI=1S/C12H18O4/c1-8(14)11(15)6-5-9-3-2-4-12(16)10(9)7-13/h2-6,8,10-16H,7H2,1H3/b6-5-. The minimum atomic E-state index is -0.941. The Kier molecular flexibility index (Phi) is 4.89.